The average Bonchev–Trinajstić information content (AvgIpc) is 2.96. The van der Waals surface area contributed by atoms with Gasteiger partial charge >= 0.3 is 0 Å². The minimum Gasteiger partial charge on any atom is -0.484 e. The van der Waals surface area contributed by atoms with Crippen LogP contribution in [0.5, 0.6) is 5.75 Å². The molecule has 0 unspecified atom stereocenters. The molecule has 2 amide bonds. The maximum Gasteiger partial charge on any atom is 0.260 e. The number of hydrogen-bond donors (Lipinski definition) is 0. The standard InChI is InChI=1S/C21H30N2O3/c1-17-8-4-5-9-19(17)26-16-20(24)22-14-10-18(11-15-22)21(25)23-12-6-2-3-7-13-23/h4-5,8-9,18H,2-3,6-7,10-16H2,1H3. The van der Waals surface area contributed by atoms with Crippen LogP contribution in [0.1, 0.15) is 44.1 Å². The quantitative estimate of drug-likeness (QED) is 0.831. The summed E-state index contributed by atoms with van der Waals surface area (Å²) in [5.74, 6) is 1.14. The monoisotopic (exact) mass is 358 g/mol. The highest BCUT2D eigenvalue weighted by molar-refractivity contribution is 5.80. The fraction of sp³-hybridized carbons (Fsp3) is 0.619. The number of hydrogen-bond acceptors (Lipinski definition) is 3. The van der Waals surface area contributed by atoms with Crippen LogP contribution in [-0.2, 0) is 9.59 Å². The van der Waals surface area contributed by atoms with Crippen molar-refractivity contribution in [2.24, 2.45) is 5.92 Å². The van der Waals surface area contributed by atoms with E-state index in [0.717, 1.165) is 50.1 Å². The van der Waals surface area contributed by atoms with Crippen molar-refractivity contribution in [2.45, 2.75) is 45.4 Å². The lowest BCUT2D eigenvalue weighted by molar-refractivity contribution is -0.141. The molecule has 2 aliphatic heterocycles. The number of benzene rings is 1. The van der Waals surface area contributed by atoms with E-state index < -0.39 is 0 Å². The number of nitrogens with zero attached hydrogens (tertiary/aromatic N) is 2. The second kappa shape index (κ2) is 9.06. The van der Waals surface area contributed by atoms with Gasteiger partial charge in [-0.15, -0.1) is 0 Å². The first kappa shape index (κ1) is 18.7. The molecule has 26 heavy (non-hydrogen) atoms. The van der Waals surface area contributed by atoms with Crippen LogP contribution < -0.4 is 4.74 Å². The third-order valence-corrected chi connectivity index (χ3v) is 5.56. The minimum atomic E-state index is 0.00826. The van der Waals surface area contributed by atoms with Gasteiger partial charge in [-0.2, -0.15) is 0 Å². The molecule has 0 saturated carbocycles. The van der Waals surface area contributed by atoms with E-state index in [0.29, 0.717) is 19.0 Å². The summed E-state index contributed by atoms with van der Waals surface area (Å²) >= 11 is 0. The van der Waals surface area contributed by atoms with Gasteiger partial charge in [-0.05, 0) is 44.2 Å². The Labute approximate surface area is 156 Å². The number of piperidine rings is 1. The van der Waals surface area contributed by atoms with E-state index in [1.165, 1.54) is 12.8 Å². The van der Waals surface area contributed by atoms with Gasteiger partial charge in [-0.25, -0.2) is 0 Å². The lowest BCUT2D eigenvalue weighted by atomic mass is 9.95. The SMILES string of the molecule is Cc1ccccc1OCC(=O)N1CCC(C(=O)N2CCCCCC2)CC1. The third kappa shape index (κ3) is 4.77. The Morgan fingerprint density at radius 2 is 1.62 bits per heavy atom. The number of carbonyl (C=O) groups is 2. The molecular formula is C21H30N2O3. The molecule has 142 valence electrons. The maximum absolute atomic E-state index is 12.7. The van der Waals surface area contributed by atoms with Gasteiger partial charge in [0.15, 0.2) is 6.61 Å². The van der Waals surface area contributed by atoms with E-state index in [2.05, 4.69) is 4.90 Å². The lowest BCUT2D eigenvalue weighted by Gasteiger charge is -2.34. The van der Waals surface area contributed by atoms with E-state index >= 15 is 0 Å². The Balaban J connectivity index is 1.44. The number of rotatable bonds is 4. The van der Waals surface area contributed by atoms with E-state index in [1.54, 1.807) is 0 Å². The van der Waals surface area contributed by atoms with Crippen molar-refractivity contribution < 1.29 is 14.3 Å². The highest BCUT2D eigenvalue weighted by atomic mass is 16.5. The Kier molecular flexibility index (Phi) is 6.53. The fourth-order valence-corrected chi connectivity index (χ4v) is 3.87. The number of amides is 2. The van der Waals surface area contributed by atoms with Gasteiger partial charge < -0.3 is 14.5 Å². The van der Waals surface area contributed by atoms with E-state index in [-0.39, 0.29) is 18.4 Å². The molecule has 2 aliphatic rings. The molecule has 2 fully saturated rings. The van der Waals surface area contributed by atoms with Crippen LogP contribution in [0, 0.1) is 12.8 Å². The van der Waals surface area contributed by atoms with Crippen LogP contribution in [0.3, 0.4) is 0 Å². The Hall–Kier alpha value is -2.04. The van der Waals surface area contributed by atoms with Crippen LogP contribution in [0.4, 0.5) is 0 Å². The molecule has 2 saturated heterocycles. The van der Waals surface area contributed by atoms with Crippen LogP contribution in [0.25, 0.3) is 0 Å². The topological polar surface area (TPSA) is 49.9 Å². The lowest BCUT2D eigenvalue weighted by Crippen LogP contribution is -2.45. The number of aryl methyl sites for hydroxylation is 1. The van der Waals surface area contributed by atoms with Crippen LogP contribution in [-0.4, -0.2) is 54.4 Å². The summed E-state index contributed by atoms with van der Waals surface area (Å²) in [6, 6.07) is 7.72. The molecule has 2 heterocycles. The van der Waals surface area contributed by atoms with Crippen molar-refractivity contribution in [3.8, 4) is 5.75 Å². The normalized spacial score (nSPS) is 19.1. The molecule has 1 aromatic carbocycles. The average molecular weight is 358 g/mol. The van der Waals surface area contributed by atoms with Crippen molar-refractivity contribution >= 4 is 11.8 Å². The fourth-order valence-electron chi connectivity index (χ4n) is 3.87. The summed E-state index contributed by atoms with van der Waals surface area (Å²) in [4.78, 5) is 29.0. The number of likely N-dealkylation sites (tertiary alicyclic amines) is 2. The molecule has 3 rings (SSSR count). The molecule has 0 N–H and O–H groups in total. The molecule has 5 nitrogen and oxygen atoms in total. The number of carbonyl (C=O) groups excluding carboxylic acids is 2. The van der Waals surface area contributed by atoms with Crippen molar-refractivity contribution in [1.29, 1.82) is 0 Å². The molecule has 0 spiro atoms. The summed E-state index contributed by atoms with van der Waals surface area (Å²) < 4.78 is 5.67. The molecule has 0 radical (unpaired) electrons. The molecule has 0 aromatic heterocycles. The van der Waals surface area contributed by atoms with Gasteiger partial charge in [0.1, 0.15) is 5.75 Å². The Bertz CT molecular complexity index is 615. The first-order valence-corrected chi connectivity index (χ1v) is 9.90. The van der Waals surface area contributed by atoms with Gasteiger partial charge in [0.05, 0.1) is 0 Å². The predicted molar refractivity (Wildman–Crippen MR) is 101 cm³/mol. The highest BCUT2D eigenvalue weighted by Gasteiger charge is 2.30. The smallest absolute Gasteiger partial charge is 0.260 e. The summed E-state index contributed by atoms with van der Waals surface area (Å²) in [6.45, 7) is 5.15. The summed E-state index contributed by atoms with van der Waals surface area (Å²) in [7, 11) is 0. The summed E-state index contributed by atoms with van der Waals surface area (Å²) in [5, 5.41) is 0. The van der Waals surface area contributed by atoms with Crippen molar-refractivity contribution in [3.05, 3.63) is 29.8 Å². The first-order chi connectivity index (χ1) is 12.6. The van der Waals surface area contributed by atoms with Gasteiger partial charge in [-0.1, -0.05) is 31.0 Å². The van der Waals surface area contributed by atoms with Gasteiger partial charge in [0.25, 0.3) is 5.91 Å². The van der Waals surface area contributed by atoms with Crippen molar-refractivity contribution in [3.63, 3.8) is 0 Å². The van der Waals surface area contributed by atoms with Crippen LogP contribution in [0.2, 0.25) is 0 Å². The van der Waals surface area contributed by atoms with Crippen molar-refractivity contribution in [2.75, 3.05) is 32.8 Å². The minimum absolute atomic E-state index is 0.00826. The second-order valence-corrected chi connectivity index (χ2v) is 7.45. The van der Waals surface area contributed by atoms with Crippen LogP contribution in [0.15, 0.2) is 24.3 Å². The van der Waals surface area contributed by atoms with E-state index in [1.807, 2.05) is 36.1 Å². The number of para-hydroxylation sites is 1. The molecular weight excluding hydrogens is 328 g/mol. The molecule has 1 aromatic rings. The zero-order valence-corrected chi connectivity index (χ0v) is 15.8. The predicted octanol–water partition coefficient (Wildman–Crippen LogP) is 3.02. The maximum atomic E-state index is 12.7. The van der Waals surface area contributed by atoms with Gasteiger partial charge in [-0.3, -0.25) is 9.59 Å². The third-order valence-electron chi connectivity index (χ3n) is 5.56. The summed E-state index contributed by atoms with van der Waals surface area (Å²) in [6.07, 6.45) is 6.25. The second-order valence-electron chi connectivity index (χ2n) is 7.45. The van der Waals surface area contributed by atoms with Gasteiger partial charge in [0.2, 0.25) is 5.91 Å². The zero-order chi connectivity index (χ0) is 18.4. The Morgan fingerprint density at radius 1 is 0.962 bits per heavy atom. The zero-order valence-electron chi connectivity index (χ0n) is 15.8. The molecule has 5 heteroatoms. The largest absolute Gasteiger partial charge is 0.484 e. The first-order valence-electron chi connectivity index (χ1n) is 9.90. The summed E-state index contributed by atoms with van der Waals surface area (Å²) in [5.41, 5.74) is 1.03. The molecule has 0 atom stereocenters. The molecule has 0 aliphatic carbocycles. The number of ether oxygens (including phenoxy) is 1. The highest BCUT2D eigenvalue weighted by Crippen LogP contribution is 2.22. The molecule has 0 bridgehead atoms. The van der Waals surface area contributed by atoms with Crippen molar-refractivity contribution in [1.82, 2.24) is 9.80 Å². The van der Waals surface area contributed by atoms with Gasteiger partial charge in [0, 0.05) is 32.1 Å². The Morgan fingerprint density at radius 3 is 2.27 bits per heavy atom. The van der Waals surface area contributed by atoms with Crippen LogP contribution >= 0.6 is 0 Å². The van der Waals surface area contributed by atoms with E-state index in [4.69, 9.17) is 4.74 Å². The van der Waals surface area contributed by atoms with E-state index in [9.17, 15) is 9.59 Å².